The lowest BCUT2D eigenvalue weighted by atomic mass is 9.87. The van der Waals surface area contributed by atoms with Gasteiger partial charge in [0.15, 0.2) is 0 Å². The number of aromatic nitrogens is 2. The molecule has 3 N–H and O–H groups in total. The SMILES string of the molecule is Cc1cccc2[nH]c([C@H]3CCCN(C(=O)NCC4(CO)CCCC4)C3)nc12. The number of rotatable bonds is 4. The van der Waals surface area contributed by atoms with Gasteiger partial charge in [-0.15, -0.1) is 0 Å². The molecule has 1 aliphatic heterocycles. The number of aromatic amines is 1. The number of amides is 2. The van der Waals surface area contributed by atoms with Crippen LogP contribution in [0, 0.1) is 12.3 Å². The van der Waals surface area contributed by atoms with Crippen molar-refractivity contribution in [1.29, 1.82) is 0 Å². The van der Waals surface area contributed by atoms with E-state index in [2.05, 4.69) is 29.4 Å². The summed E-state index contributed by atoms with van der Waals surface area (Å²) in [5.41, 5.74) is 3.16. The first-order chi connectivity index (χ1) is 13.1. The Balaban J connectivity index is 1.41. The number of aliphatic hydroxyl groups excluding tert-OH is 1. The number of likely N-dealkylation sites (tertiary alicyclic amines) is 1. The zero-order valence-corrected chi connectivity index (χ0v) is 16.1. The molecule has 2 amide bonds. The number of piperidine rings is 1. The van der Waals surface area contributed by atoms with Crippen LogP contribution < -0.4 is 5.32 Å². The minimum Gasteiger partial charge on any atom is -0.396 e. The third kappa shape index (κ3) is 3.68. The van der Waals surface area contributed by atoms with Gasteiger partial charge in [-0.2, -0.15) is 0 Å². The summed E-state index contributed by atoms with van der Waals surface area (Å²) in [7, 11) is 0. The molecule has 1 aromatic carbocycles. The van der Waals surface area contributed by atoms with Crippen molar-refractivity contribution in [2.45, 2.75) is 51.4 Å². The maximum atomic E-state index is 12.7. The smallest absolute Gasteiger partial charge is 0.317 e. The van der Waals surface area contributed by atoms with Gasteiger partial charge in [0.25, 0.3) is 0 Å². The molecule has 6 heteroatoms. The number of carbonyl (C=O) groups is 1. The molecule has 4 rings (SSSR count). The van der Waals surface area contributed by atoms with Crippen molar-refractivity contribution < 1.29 is 9.90 Å². The molecule has 1 aromatic heterocycles. The standard InChI is InChI=1S/C21H30N4O2/c1-15-6-4-8-17-18(15)24-19(23-17)16-7-5-11-25(12-16)20(27)22-13-21(14-26)9-2-3-10-21/h4,6,8,16,26H,2-3,5,7,9-14H2,1H3,(H,22,27)(H,23,24)/t16-/m0/s1. The van der Waals surface area contributed by atoms with E-state index in [0.29, 0.717) is 13.1 Å². The Morgan fingerprint density at radius 2 is 2.19 bits per heavy atom. The fourth-order valence-electron chi connectivity index (χ4n) is 4.66. The Labute approximate surface area is 160 Å². The van der Waals surface area contributed by atoms with Crippen molar-refractivity contribution in [2.75, 3.05) is 26.2 Å². The van der Waals surface area contributed by atoms with Crippen LogP contribution in [0.15, 0.2) is 18.2 Å². The summed E-state index contributed by atoms with van der Waals surface area (Å²) >= 11 is 0. The molecule has 146 valence electrons. The van der Waals surface area contributed by atoms with E-state index in [1.165, 1.54) is 5.56 Å². The second kappa shape index (κ2) is 7.50. The molecule has 0 unspecified atom stereocenters. The van der Waals surface area contributed by atoms with Crippen molar-refractivity contribution in [2.24, 2.45) is 5.41 Å². The first kappa shape index (κ1) is 18.3. The van der Waals surface area contributed by atoms with Gasteiger partial charge in [-0.1, -0.05) is 25.0 Å². The summed E-state index contributed by atoms with van der Waals surface area (Å²) in [5.74, 6) is 1.23. The number of H-pyrrole nitrogens is 1. The number of nitrogens with zero attached hydrogens (tertiary/aromatic N) is 2. The second-order valence-electron chi connectivity index (χ2n) is 8.40. The predicted octanol–water partition coefficient (Wildman–Crippen LogP) is 3.31. The van der Waals surface area contributed by atoms with Gasteiger partial charge in [0.1, 0.15) is 5.82 Å². The summed E-state index contributed by atoms with van der Waals surface area (Å²) in [6, 6.07) is 6.17. The number of hydrogen-bond donors (Lipinski definition) is 3. The predicted molar refractivity (Wildman–Crippen MR) is 106 cm³/mol. The molecular formula is C21H30N4O2. The Morgan fingerprint density at radius 1 is 1.37 bits per heavy atom. The lowest BCUT2D eigenvalue weighted by Gasteiger charge is -2.33. The molecule has 2 fully saturated rings. The van der Waals surface area contributed by atoms with Crippen LogP contribution in [0.1, 0.15) is 55.8 Å². The van der Waals surface area contributed by atoms with E-state index in [4.69, 9.17) is 4.98 Å². The molecule has 1 aliphatic carbocycles. The summed E-state index contributed by atoms with van der Waals surface area (Å²) in [6.07, 6.45) is 6.33. The maximum absolute atomic E-state index is 12.7. The largest absolute Gasteiger partial charge is 0.396 e. The van der Waals surface area contributed by atoms with Gasteiger partial charge < -0.3 is 20.3 Å². The topological polar surface area (TPSA) is 81.2 Å². The molecule has 1 saturated heterocycles. The Hall–Kier alpha value is -2.08. The summed E-state index contributed by atoms with van der Waals surface area (Å²) in [5, 5.41) is 12.8. The minimum atomic E-state index is -0.110. The van der Waals surface area contributed by atoms with E-state index in [1.54, 1.807) is 0 Å². The molecule has 27 heavy (non-hydrogen) atoms. The van der Waals surface area contributed by atoms with E-state index < -0.39 is 0 Å². The lowest BCUT2D eigenvalue weighted by Crippen LogP contribution is -2.48. The maximum Gasteiger partial charge on any atom is 0.317 e. The molecule has 0 spiro atoms. The van der Waals surface area contributed by atoms with Gasteiger partial charge in [0, 0.05) is 31.0 Å². The van der Waals surface area contributed by atoms with Crippen LogP contribution in [0.3, 0.4) is 0 Å². The number of aliphatic hydroxyl groups is 1. The number of fused-ring (bicyclic) bond motifs is 1. The molecule has 1 saturated carbocycles. The molecular weight excluding hydrogens is 340 g/mol. The Bertz CT molecular complexity index is 810. The van der Waals surface area contributed by atoms with E-state index in [-0.39, 0.29) is 24.0 Å². The summed E-state index contributed by atoms with van der Waals surface area (Å²) < 4.78 is 0. The Kier molecular flexibility index (Phi) is 5.08. The number of nitrogens with one attached hydrogen (secondary N) is 2. The van der Waals surface area contributed by atoms with Crippen LogP contribution in [-0.4, -0.2) is 52.2 Å². The van der Waals surface area contributed by atoms with Gasteiger partial charge in [-0.25, -0.2) is 9.78 Å². The summed E-state index contributed by atoms with van der Waals surface area (Å²) in [4.78, 5) is 22.9. The monoisotopic (exact) mass is 370 g/mol. The van der Waals surface area contributed by atoms with Crippen molar-refractivity contribution in [3.8, 4) is 0 Å². The number of hydrogen-bond acceptors (Lipinski definition) is 3. The Morgan fingerprint density at radius 3 is 2.93 bits per heavy atom. The molecule has 0 bridgehead atoms. The van der Waals surface area contributed by atoms with Crippen molar-refractivity contribution >= 4 is 17.1 Å². The fraction of sp³-hybridized carbons (Fsp3) is 0.619. The highest BCUT2D eigenvalue weighted by Gasteiger charge is 2.34. The highest BCUT2D eigenvalue weighted by Crippen LogP contribution is 2.37. The average Bonchev–Trinajstić information content (AvgIpc) is 3.35. The third-order valence-corrected chi connectivity index (χ3v) is 6.44. The highest BCUT2D eigenvalue weighted by molar-refractivity contribution is 5.78. The van der Waals surface area contributed by atoms with Crippen LogP contribution >= 0.6 is 0 Å². The molecule has 6 nitrogen and oxygen atoms in total. The number of imidazole rings is 1. The van der Waals surface area contributed by atoms with Crippen molar-refractivity contribution in [3.63, 3.8) is 0 Å². The van der Waals surface area contributed by atoms with Crippen molar-refractivity contribution in [3.05, 3.63) is 29.6 Å². The number of carbonyl (C=O) groups excluding carboxylic acids is 1. The van der Waals surface area contributed by atoms with Gasteiger partial charge in [-0.05, 0) is 44.2 Å². The molecule has 2 heterocycles. The van der Waals surface area contributed by atoms with Crippen molar-refractivity contribution in [1.82, 2.24) is 20.2 Å². The first-order valence-electron chi connectivity index (χ1n) is 10.2. The lowest BCUT2D eigenvalue weighted by molar-refractivity contribution is 0.123. The number of benzene rings is 1. The van der Waals surface area contributed by atoms with Crippen LogP contribution in [0.25, 0.3) is 11.0 Å². The van der Waals surface area contributed by atoms with E-state index >= 15 is 0 Å². The number of aryl methyl sites for hydroxylation is 1. The van der Waals surface area contributed by atoms with Gasteiger partial charge in [0.05, 0.1) is 17.6 Å². The molecule has 2 aliphatic rings. The second-order valence-corrected chi connectivity index (χ2v) is 8.40. The number of para-hydroxylation sites is 1. The quantitative estimate of drug-likeness (QED) is 0.772. The highest BCUT2D eigenvalue weighted by atomic mass is 16.3. The normalized spacial score (nSPS) is 22.3. The zero-order valence-electron chi connectivity index (χ0n) is 16.1. The zero-order chi connectivity index (χ0) is 18.9. The van der Waals surface area contributed by atoms with E-state index in [1.807, 2.05) is 11.0 Å². The molecule has 0 radical (unpaired) electrons. The third-order valence-electron chi connectivity index (χ3n) is 6.44. The average molecular weight is 370 g/mol. The van der Waals surface area contributed by atoms with E-state index in [0.717, 1.165) is 61.9 Å². The fourth-order valence-corrected chi connectivity index (χ4v) is 4.66. The molecule has 2 aromatic rings. The van der Waals surface area contributed by atoms with Gasteiger partial charge >= 0.3 is 6.03 Å². The first-order valence-corrected chi connectivity index (χ1v) is 10.2. The van der Waals surface area contributed by atoms with Crippen LogP contribution in [0.2, 0.25) is 0 Å². The number of urea groups is 1. The van der Waals surface area contributed by atoms with Gasteiger partial charge in [0.2, 0.25) is 0 Å². The van der Waals surface area contributed by atoms with E-state index in [9.17, 15) is 9.90 Å². The van der Waals surface area contributed by atoms with Crippen LogP contribution in [0.4, 0.5) is 4.79 Å². The van der Waals surface area contributed by atoms with Crippen LogP contribution in [0.5, 0.6) is 0 Å². The van der Waals surface area contributed by atoms with Crippen LogP contribution in [-0.2, 0) is 0 Å². The minimum absolute atomic E-state index is 0.00767. The molecule has 1 atom stereocenters. The summed E-state index contributed by atoms with van der Waals surface area (Å²) in [6.45, 7) is 4.29. The van der Waals surface area contributed by atoms with Gasteiger partial charge in [-0.3, -0.25) is 0 Å².